The molecule has 0 radical (unpaired) electrons. The minimum absolute atomic E-state index is 0. The first-order valence-electron chi connectivity index (χ1n) is 7.50. The molecule has 0 heterocycles. The van der Waals surface area contributed by atoms with Crippen LogP contribution in [0.4, 0.5) is 0 Å². The van der Waals surface area contributed by atoms with Crippen LogP contribution in [0.5, 0.6) is 0 Å². The first kappa shape index (κ1) is 27.5. The molecule has 0 amide bonds. The van der Waals surface area contributed by atoms with Crippen molar-refractivity contribution in [2.24, 2.45) is 0 Å². The third-order valence-corrected chi connectivity index (χ3v) is 2.73. The molecular formula is C15H29LiO6S. The van der Waals surface area contributed by atoms with Gasteiger partial charge in [-0.1, -0.05) is 51.5 Å². The van der Waals surface area contributed by atoms with Crippen molar-refractivity contribution in [1.29, 1.82) is 0 Å². The number of carbonyl (C=O) groups excluding carboxylic acids is 1. The SMILES string of the molecule is C=C(C)C(=O)OCCCCCCCCCC[CH2-].O=S(=O)(O)O.[Li+]. The van der Waals surface area contributed by atoms with Gasteiger partial charge in [-0.2, -0.15) is 14.8 Å². The summed E-state index contributed by atoms with van der Waals surface area (Å²) in [6.45, 7) is 9.58. The van der Waals surface area contributed by atoms with Crippen LogP contribution in [-0.2, 0) is 19.9 Å². The average molecular weight is 344 g/mol. The van der Waals surface area contributed by atoms with Crippen LogP contribution in [0.2, 0.25) is 0 Å². The maximum absolute atomic E-state index is 11.1. The Bertz CT molecular complexity index is 387. The Balaban J connectivity index is -0.000000578. The molecule has 0 bridgehead atoms. The standard InChI is InChI=1S/C15H27O2.Li.H2O4S/c1-4-5-6-7-8-9-10-11-12-13-17-15(16)14(2)3;;1-5(2,3)4/h1-2,4-13H2,3H3;;(H2,1,2,3,4)/q-1;+1;. The summed E-state index contributed by atoms with van der Waals surface area (Å²) in [5, 5.41) is 0. The molecule has 132 valence electrons. The molecule has 0 fully saturated rings. The van der Waals surface area contributed by atoms with Crippen LogP contribution in [0, 0.1) is 6.92 Å². The van der Waals surface area contributed by atoms with Gasteiger partial charge in [0.2, 0.25) is 0 Å². The summed E-state index contributed by atoms with van der Waals surface area (Å²) in [6.07, 6.45) is 11.0. The Morgan fingerprint density at radius 2 is 1.35 bits per heavy atom. The first-order valence-corrected chi connectivity index (χ1v) is 8.90. The van der Waals surface area contributed by atoms with Crippen LogP contribution in [0.3, 0.4) is 0 Å². The molecule has 6 nitrogen and oxygen atoms in total. The van der Waals surface area contributed by atoms with Crippen molar-refractivity contribution < 1.29 is 45.9 Å². The molecule has 23 heavy (non-hydrogen) atoms. The van der Waals surface area contributed by atoms with Crippen molar-refractivity contribution in [1.82, 2.24) is 0 Å². The van der Waals surface area contributed by atoms with Crippen LogP contribution in [0.15, 0.2) is 12.2 Å². The maximum Gasteiger partial charge on any atom is 1.00 e. The third-order valence-electron chi connectivity index (χ3n) is 2.73. The second-order valence-corrected chi connectivity index (χ2v) is 5.94. The van der Waals surface area contributed by atoms with Gasteiger partial charge in [0.25, 0.3) is 0 Å². The maximum atomic E-state index is 11.1. The summed E-state index contributed by atoms with van der Waals surface area (Å²) in [7, 11) is -4.67. The molecule has 2 N–H and O–H groups in total. The number of hydrogen-bond acceptors (Lipinski definition) is 4. The van der Waals surface area contributed by atoms with Gasteiger partial charge in [-0.05, 0) is 13.3 Å². The number of ether oxygens (including phenoxy) is 1. The molecule has 0 spiro atoms. The Hall–Kier alpha value is -0.323. The van der Waals surface area contributed by atoms with Gasteiger partial charge in [0, 0.05) is 5.57 Å². The van der Waals surface area contributed by atoms with Gasteiger partial charge in [0.1, 0.15) is 0 Å². The van der Waals surface area contributed by atoms with Crippen molar-refractivity contribution in [3.8, 4) is 0 Å². The van der Waals surface area contributed by atoms with E-state index in [0.29, 0.717) is 12.2 Å². The zero-order valence-corrected chi connectivity index (χ0v) is 15.2. The van der Waals surface area contributed by atoms with Gasteiger partial charge < -0.3 is 11.7 Å². The second-order valence-electron chi connectivity index (χ2n) is 5.05. The molecule has 0 rings (SSSR count). The van der Waals surface area contributed by atoms with Crippen LogP contribution in [0.25, 0.3) is 0 Å². The molecule has 0 aromatic rings. The Morgan fingerprint density at radius 1 is 1.00 bits per heavy atom. The topological polar surface area (TPSA) is 101 Å². The molecule has 0 aliphatic carbocycles. The van der Waals surface area contributed by atoms with Gasteiger partial charge in [0.05, 0.1) is 6.61 Å². The van der Waals surface area contributed by atoms with E-state index in [-0.39, 0.29) is 24.8 Å². The minimum atomic E-state index is -4.67. The van der Waals surface area contributed by atoms with Gasteiger partial charge >= 0.3 is 35.2 Å². The predicted octanol–water partition coefficient (Wildman–Crippen LogP) is 0.802. The summed E-state index contributed by atoms with van der Waals surface area (Å²) in [4.78, 5) is 11.1. The van der Waals surface area contributed by atoms with E-state index in [1.807, 2.05) is 0 Å². The summed E-state index contributed by atoms with van der Waals surface area (Å²) >= 11 is 0. The molecule has 0 atom stereocenters. The average Bonchev–Trinajstić information content (AvgIpc) is 2.38. The molecule has 0 saturated carbocycles. The van der Waals surface area contributed by atoms with Crippen molar-refractivity contribution in [2.45, 2.75) is 64.7 Å². The van der Waals surface area contributed by atoms with E-state index in [2.05, 4.69) is 13.5 Å². The molecule has 0 aliphatic rings. The molecule has 0 aliphatic heterocycles. The van der Waals surface area contributed by atoms with Crippen LogP contribution in [-0.4, -0.2) is 30.1 Å². The third kappa shape index (κ3) is 34.2. The van der Waals surface area contributed by atoms with E-state index in [1.54, 1.807) is 6.92 Å². The predicted molar refractivity (Wildman–Crippen MR) is 86.9 cm³/mol. The normalized spacial score (nSPS) is 10.1. The van der Waals surface area contributed by atoms with Crippen LogP contribution < -0.4 is 18.9 Å². The second kappa shape index (κ2) is 18.0. The number of carbonyl (C=O) groups is 1. The van der Waals surface area contributed by atoms with E-state index in [9.17, 15) is 4.79 Å². The first-order chi connectivity index (χ1) is 10.2. The van der Waals surface area contributed by atoms with E-state index >= 15 is 0 Å². The fraction of sp³-hybridized carbons (Fsp3) is 0.733. The van der Waals surface area contributed by atoms with Crippen molar-refractivity contribution >= 4 is 16.4 Å². The number of hydrogen-bond donors (Lipinski definition) is 2. The molecule has 0 saturated heterocycles. The van der Waals surface area contributed by atoms with Gasteiger partial charge in [-0.3, -0.25) is 9.11 Å². The van der Waals surface area contributed by atoms with Crippen LogP contribution >= 0.6 is 0 Å². The van der Waals surface area contributed by atoms with Gasteiger partial charge in [-0.25, -0.2) is 4.79 Å². The van der Waals surface area contributed by atoms with Gasteiger partial charge in [0.15, 0.2) is 0 Å². The Kier molecular flexibility index (Phi) is 21.6. The number of esters is 1. The van der Waals surface area contributed by atoms with Crippen LogP contribution in [0.1, 0.15) is 64.7 Å². The molecule has 0 aromatic heterocycles. The summed E-state index contributed by atoms with van der Waals surface area (Å²) in [5.41, 5.74) is 0.482. The molecule has 0 unspecified atom stereocenters. The minimum Gasteiger partial charge on any atom is -0.462 e. The molecule has 8 heteroatoms. The van der Waals surface area contributed by atoms with E-state index < -0.39 is 10.4 Å². The molecular weight excluding hydrogens is 315 g/mol. The van der Waals surface area contributed by atoms with E-state index in [0.717, 1.165) is 19.3 Å². The molecule has 0 aromatic carbocycles. The zero-order valence-electron chi connectivity index (χ0n) is 14.4. The quantitative estimate of drug-likeness (QED) is 0.144. The smallest absolute Gasteiger partial charge is 0.462 e. The summed E-state index contributed by atoms with van der Waals surface area (Å²) < 4.78 is 36.6. The monoisotopic (exact) mass is 344 g/mol. The van der Waals surface area contributed by atoms with Gasteiger partial charge in [-0.15, -0.1) is 0 Å². The van der Waals surface area contributed by atoms with Crippen molar-refractivity contribution in [3.63, 3.8) is 0 Å². The Morgan fingerprint density at radius 3 is 1.70 bits per heavy atom. The summed E-state index contributed by atoms with van der Waals surface area (Å²) in [6, 6.07) is 0. The van der Waals surface area contributed by atoms with E-state index in [4.69, 9.17) is 22.3 Å². The largest absolute Gasteiger partial charge is 1.00 e. The van der Waals surface area contributed by atoms with Crippen molar-refractivity contribution in [2.75, 3.05) is 6.61 Å². The Labute approximate surface area is 152 Å². The fourth-order valence-electron chi connectivity index (χ4n) is 1.63. The van der Waals surface area contributed by atoms with Crippen molar-refractivity contribution in [3.05, 3.63) is 19.1 Å². The number of rotatable bonds is 11. The fourth-order valence-corrected chi connectivity index (χ4v) is 1.63. The number of unbranched alkanes of at least 4 members (excludes halogenated alkanes) is 8. The van der Waals surface area contributed by atoms with E-state index in [1.165, 1.54) is 38.5 Å². The zero-order chi connectivity index (χ0) is 17.4. The summed E-state index contributed by atoms with van der Waals surface area (Å²) in [5.74, 6) is -0.266.